The van der Waals surface area contributed by atoms with Crippen LogP contribution in [0.2, 0.25) is 0 Å². The molecule has 0 aliphatic carbocycles. The number of nitrogen functional groups attached to an aromatic ring is 1. The van der Waals surface area contributed by atoms with E-state index < -0.39 is 4.92 Å². The first-order chi connectivity index (χ1) is 6.61. The molecule has 0 saturated heterocycles. The first kappa shape index (κ1) is 8.42. The van der Waals surface area contributed by atoms with E-state index in [9.17, 15) is 10.1 Å². The lowest BCUT2D eigenvalue weighted by molar-refractivity contribution is -0.382. The first-order valence-electron chi connectivity index (χ1n) is 3.83. The zero-order chi connectivity index (χ0) is 10.3. The molecule has 0 bridgehead atoms. The van der Waals surface area contributed by atoms with Crippen molar-refractivity contribution >= 4 is 22.4 Å². The highest BCUT2D eigenvalue weighted by Gasteiger charge is 2.20. The number of benzene rings is 1. The van der Waals surface area contributed by atoms with Crippen LogP contribution in [0.4, 0.5) is 11.4 Å². The molecule has 7 heteroatoms. The van der Waals surface area contributed by atoms with E-state index in [0.29, 0.717) is 11.0 Å². The Morgan fingerprint density at radius 1 is 1.57 bits per heavy atom. The molecule has 72 valence electrons. The molecule has 1 aromatic carbocycles. The summed E-state index contributed by atoms with van der Waals surface area (Å²) in [4.78, 5) is 10.2. The van der Waals surface area contributed by atoms with E-state index in [2.05, 4.69) is 10.3 Å². The predicted molar refractivity (Wildman–Crippen MR) is 49.6 cm³/mol. The summed E-state index contributed by atoms with van der Waals surface area (Å²) in [5, 5.41) is 18.2. The van der Waals surface area contributed by atoms with Gasteiger partial charge in [0.05, 0.1) is 4.92 Å². The summed E-state index contributed by atoms with van der Waals surface area (Å²) in [6.45, 7) is 0. The van der Waals surface area contributed by atoms with E-state index >= 15 is 0 Å². The highest BCUT2D eigenvalue weighted by atomic mass is 16.6. The number of nitrogens with zero attached hydrogens (tertiary/aromatic N) is 4. The molecule has 0 atom stereocenters. The molecule has 1 heterocycles. The predicted octanol–water partition coefficient (Wildman–Crippen LogP) is 0.459. The largest absolute Gasteiger partial charge is 0.393 e. The van der Waals surface area contributed by atoms with Gasteiger partial charge in [-0.25, -0.2) is 4.68 Å². The highest BCUT2D eigenvalue weighted by Crippen LogP contribution is 2.29. The van der Waals surface area contributed by atoms with Crippen LogP contribution in [0.1, 0.15) is 0 Å². The lowest BCUT2D eigenvalue weighted by Crippen LogP contribution is -1.99. The first-order valence-corrected chi connectivity index (χ1v) is 3.83. The second kappa shape index (κ2) is 2.66. The maximum absolute atomic E-state index is 10.7. The van der Waals surface area contributed by atoms with Crippen molar-refractivity contribution < 1.29 is 4.92 Å². The van der Waals surface area contributed by atoms with Gasteiger partial charge in [-0.2, -0.15) is 0 Å². The van der Waals surface area contributed by atoms with E-state index in [0.717, 1.165) is 0 Å². The summed E-state index contributed by atoms with van der Waals surface area (Å²) in [5.41, 5.74) is 6.29. The molecular weight excluding hydrogens is 186 g/mol. The molecule has 0 unspecified atom stereocenters. The van der Waals surface area contributed by atoms with Gasteiger partial charge in [-0.05, 0) is 12.1 Å². The number of rotatable bonds is 1. The van der Waals surface area contributed by atoms with Gasteiger partial charge in [0.25, 0.3) is 0 Å². The summed E-state index contributed by atoms with van der Waals surface area (Å²) < 4.78 is 1.34. The van der Waals surface area contributed by atoms with Crippen LogP contribution in [0.25, 0.3) is 11.0 Å². The van der Waals surface area contributed by atoms with Crippen LogP contribution >= 0.6 is 0 Å². The normalized spacial score (nSPS) is 10.6. The number of nitro benzene ring substituents is 1. The van der Waals surface area contributed by atoms with E-state index in [1.807, 2.05) is 0 Å². The third-order valence-electron chi connectivity index (χ3n) is 1.95. The molecule has 0 saturated carbocycles. The Hall–Kier alpha value is -2.18. The Balaban J connectivity index is 2.94. The molecule has 1 aromatic heterocycles. The number of anilines is 1. The molecule has 0 radical (unpaired) electrons. The van der Waals surface area contributed by atoms with Crippen LogP contribution in [0.5, 0.6) is 0 Å². The SMILES string of the molecule is Cn1nnc2ccc(N)c([N+](=O)[O-])c21. The van der Waals surface area contributed by atoms with Crippen molar-refractivity contribution in [2.24, 2.45) is 7.05 Å². The number of hydrogen-bond donors (Lipinski definition) is 1. The molecule has 2 N–H and O–H groups in total. The van der Waals surface area contributed by atoms with Crippen molar-refractivity contribution in [1.82, 2.24) is 15.0 Å². The van der Waals surface area contributed by atoms with Crippen LogP contribution in [0, 0.1) is 10.1 Å². The van der Waals surface area contributed by atoms with Crippen LogP contribution in [0.3, 0.4) is 0 Å². The average molecular weight is 193 g/mol. The van der Waals surface area contributed by atoms with Gasteiger partial charge in [0.15, 0.2) is 5.52 Å². The molecule has 0 aliphatic rings. The minimum Gasteiger partial charge on any atom is -0.393 e. The molecule has 2 aromatic rings. The Morgan fingerprint density at radius 3 is 2.93 bits per heavy atom. The van der Waals surface area contributed by atoms with Gasteiger partial charge in [0.2, 0.25) is 0 Å². The molecule has 0 amide bonds. The topological polar surface area (TPSA) is 99.9 Å². The summed E-state index contributed by atoms with van der Waals surface area (Å²) in [5.74, 6) is 0. The molecule has 2 rings (SSSR count). The fraction of sp³-hybridized carbons (Fsp3) is 0.143. The number of fused-ring (bicyclic) bond motifs is 1. The highest BCUT2D eigenvalue weighted by molar-refractivity contribution is 5.90. The maximum Gasteiger partial charge on any atom is 0.319 e. The molecule has 7 nitrogen and oxygen atoms in total. The standard InChI is InChI=1S/C7H7N5O2/c1-11-7-5(9-10-11)3-2-4(8)6(7)12(13)14/h2-3H,8H2,1H3. The van der Waals surface area contributed by atoms with E-state index in [-0.39, 0.29) is 11.4 Å². The second-order valence-electron chi connectivity index (χ2n) is 2.84. The second-order valence-corrected chi connectivity index (χ2v) is 2.84. The summed E-state index contributed by atoms with van der Waals surface area (Å²) in [7, 11) is 1.59. The lowest BCUT2D eigenvalue weighted by atomic mass is 10.2. The number of nitro groups is 1. The van der Waals surface area contributed by atoms with Gasteiger partial charge in [-0.15, -0.1) is 5.10 Å². The van der Waals surface area contributed by atoms with Gasteiger partial charge in [-0.3, -0.25) is 10.1 Å². The number of hydrogen-bond acceptors (Lipinski definition) is 5. The van der Waals surface area contributed by atoms with E-state index in [1.54, 1.807) is 13.1 Å². The van der Waals surface area contributed by atoms with Gasteiger partial charge in [-0.1, -0.05) is 5.21 Å². The third kappa shape index (κ3) is 0.987. The fourth-order valence-corrected chi connectivity index (χ4v) is 1.34. The number of aryl methyl sites for hydroxylation is 1. The van der Waals surface area contributed by atoms with Gasteiger partial charge < -0.3 is 5.73 Å². The van der Waals surface area contributed by atoms with Crippen molar-refractivity contribution in [2.75, 3.05) is 5.73 Å². The fourth-order valence-electron chi connectivity index (χ4n) is 1.34. The minimum atomic E-state index is -0.527. The lowest BCUT2D eigenvalue weighted by Gasteiger charge is -1.98. The maximum atomic E-state index is 10.7. The summed E-state index contributed by atoms with van der Waals surface area (Å²) >= 11 is 0. The average Bonchev–Trinajstić information content (AvgIpc) is 2.47. The van der Waals surface area contributed by atoms with Crippen molar-refractivity contribution in [2.45, 2.75) is 0 Å². The zero-order valence-corrected chi connectivity index (χ0v) is 7.34. The smallest absolute Gasteiger partial charge is 0.319 e. The molecule has 0 fully saturated rings. The van der Waals surface area contributed by atoms with Crippen molar-refractivity contribution in [3.05, 3.63) is 22.2 Å². The minimum absolute atomic E-state index is 0.118. The van der Waals surface area contributed by atoms with Crippen molar-refractivity contribution in [3.63, 3.8) is 0 Å². The van der Waals surface area contributed by atoms with Gasteiger partial charge in [0, 0.05) is 7.05 Å². The van der Waals surface area contributed by atoms with Crippen LogP contribution < -0.4 is 5.73 Å². The zero-order valence-electron chi connectivity index (χ0n) is 7.34. The Bertz CT molecular complexity index is 518. The quantitative estimate of drug-likeness (QED) is 0.402. The molecule has 0 aliphatic heterocycles. The Labute approximate surface area is 78.3 Å². The molecule has 14 heavy (non-hydrogen) atoms. The van der Waals surface area contributed by atoms with Crippen LogP contribution in [-0.4, -0.2) is 19.9 Å². The Morgan fingerprint density at radius 2 is 2.29 bits per heavy atom. The number of nitrogens with two attached hydrogens (primary N) is 1. The monoisotopic (exact) mass is 193 g/mol. The van der Waals surface area contributed by atoms with Gasteiger partial charge in [0.1, 0.15) is 11.2 Å². The molecule has 0 spiro atoms. The number of aromatic nitrogens is 3. The van der Waals surface area contributed by atoms with Crippen LogP contribution in [-0.2, 0) is 7.05 Å². The molecular formula is C7H7N5O2. The summed E-state index contributed by atoms with van der Waals surface area (Å²) in [6, 6.07) is 3.06. The van der Waals surface area contributed by atoms with E-state index in [1.165, 1.54) is 10.7 Å². The summed E-state index contributed by atoms with van der Waals surface area (Å²) in [6.07, 6.45) is 0. The third-order valence-corrected chi connectivity index (χ3v) is 1.95. The van der Waals surface area contributed by atoms with Crippen molar-refractivity contribution in [3.8, 4) is 0 Å². The van der Waals surface area contributed by atoms with Crippen molar-refractivity contribution in [1.29, 1.82) is 0 Å². The van der Waals surface area contributed by atoms with Gasteiger partial charge >= 0.3 is 5.69 Å². The van der Waals surface area contributed by atoms with Crippen LogP contribution in [0.15, 0.2) is 12.1 Å². The van der Waals surface area contributed by atoms with E-state index in [4.69, 9.17) is 5.73 Å². The Kier molecular flexibility index (Phi) is 1.60.